The van der Waals surface area contributed by atoms with Crippen LogP contribution >= 0.6 is 11.3 Å². The van der Waals surface area contributed by atoms with Crippen LogP contribution < -0.4 is 10.0 Å². The number of nitrogens with one attached hydrogen (secondary N) is 3. The van der Waals surface area contributed by atoms with Crippen LogP contribution in [-0.4, -0.2) is 30.8 Å². The number of nitrogens with zero attached hydrogens (tertiary/aromatic N) is 1. The molecule has 9 heteroatoms. The van der Waals surface area contributed by atoms with Crippen molar-refractivity contribution in [2.75, 3.05) is 6.54 Å². The lowest BCUT2D eigenvalue weighted by Crippen LogP contribution is -2.35. The zero-order valence-electron chi connectivity index (χ0n) is 15.1. The van der Waals surface area contributed by atoms with Crippen molar-refractivity contribution >= 4 is 38.3 Å². The molecule has 0 saturated carbocycles. The van der Waals surface area contributed by atoms with Crippen LogP contribution in [0.3, 0.4) is 0 Å². The van der Waals surface area contributed by atoms with Gasteiger partial charge in [0, 0.05) is 13.0 Å². The highest BCUT2D eigenvalue weighted by Gasteiger charge is 2.22. The predicted molar refractivity (Wildman–Crippen MR) is 106 cm³/mol. The predicted octanol–water partition coefficient (Wildman–Crippen LogP) is 2.81. The van der Waals surface area contributed by atoms with Gasteiger partial charge in [-0.15, -0.1) is 11.3 Å². The minimum Gasteiger partial charge on any atom is -0.346 e. The number of carbonyl (C=O) groups excluding carboxylic acids is 1. The molecule has 0 aliphatic carbocycles. The Morgan fingerprint density at radius 3 is 2.67 bits per heavy atom. The van der Waals surface area contributed by atoms with Crippen LogP contribution in [0.4, 0.5) is 0 Å². The SMILES string of the molecule is CC(C)C(NC(=O)CCNS(=O)(=O)c1cccs1)c1nc2ccccc2[nH]1. The number of thiophene rings is 1. The number of H-pyrrole nitrogens is 1. The summed E-state index contributed by atoms with van der Waals surface area (Å²) in [6.45, 7) is 4.03. The van der Waals surface area contributed by atoms with E-state index in [-0.39, 0.29) is 35.0 Å². The number of para-hydroxylation sites is 2. The van der Waals surface area contributed by atoms with E-state index in [4.69, 9.17) is 0 Å². The van der Waals surface area contributed by atoms with E-state index in [0.29, 0.717) is 5.82 Å². The fraction of sp³-hybridized carbons (Fsp3) is 0.333. The summed E-state index contributed by atoms with van der Waals surface area (Å²) in [5.41, 5.74) is 1.76. The summed E-state index contributed by atoms with van der Waals surface area (Å²) in [4.78, 5) is 20.1. The van der Waals surface area contributed by atoms with E-state index in [2.05, 4.69) is 20.0 Å². The molecule has 2 heterocycles. The quantitative estimate of drug-likeness (QED) is 0.535. The average Bonchev–Trinajstić information content (AvgIpc) is 3.28. The maximum absolute atomic E-state index is 12.3. The number of benzene rings is 1. The summed E-state index contributed by atoms with van der Waals surface area (Å²) >= 11 is 1.14. The van der Waals surface area contributed by atoms with Gasteiger partial charge in [-0.2, -0.15) is 0 Å². The number of amides is 1. The maximum atomic E-state index is 12.3. The lowest BCUT2D eigenvalue weighted by molar-refractivity contribution is -0.122. The fourth-order valence-electron chi connectivity index (χ4n) is 2.70. The third-order valence-electron chi connectivity index (χ3n) is 4.09. The Labute approximate surface area is 162 Å². The number of hydrogen-bond acceptors (Lipinski definition) is 5. The normalized spacial score (nSPS) is 13.1. The summed E-state index contributed by atoms with van der Waals surface area (Å²) in [5.74, 6) is 0.582. The van der Waals surface area contributed by atoms with E-state index >= 15 is 0 Å². The van der Waals surface area contributed by atoms with E-state index in [1.165, 1.54) is 6.07 Å². The van der Waals surface area contributed by atoms with Crippen molar-refractivity contribution in [1.29, 1.82) is 0 Å². The highest BCUT2D eigenvalue weighted by atomic mass is 32.2. The molecule has 1 atom stereocenters. The second-order valence-electron chi connectivity index (χ2n) is 6.51. The van der Waals surface area contributed by atoms with Crippen LogP contribution in [0.25, 0.3) is 11.0 Å². The topological polar surface area (TPSA) is 104 Å². The highest BCUT2D eigenvalue weighted by Crippen LogP contribution is 2.22. The molecule has 1 aromatic carbocycles. The Bertz CT molecular complexity index is 977. The number of aromatic amines is 1. The monoisotopic (exact) mass is 406 g/mol. The van der Waals surface area contributed by atoms with Crippen LogP contribution in [0.1, 0.15) is 32.1 Å². The maximum Gasteiger partial charge on any atom is 0.250 e. The summed E-state index contributed by atoms with van der Waals surface area (Å²) < 4.78 is 26.9. The number of aromatic nitrogens is 2. The van der Waals surface area contributed by atoms with Crippen LogP contribution in [0, 0.1) is 5.92 Å². The Kier molecular flexibility index (Phi) is 5.93. The van der Waals surface area contributed by atoms with Crippen LogP contribution in [0.5, 0.6) is 0 Å². The minimum absolute atomic E-state index is 0.0387. The van der Waals surface area contributed by atoms with E-state index in [1.807, 2.05) is 38.1 Å². The third-order valence-corrected chi connectivity index (χ3v) is 6.95. The molecule has 0 fully saturated rings. The lowest BCUT2D eigenvalue weighted by Gasteiger charge is -2.20. The second-order valence-corrected chi connectivity index (χ2v) is 9.45. The zero-order chi connectivity index (χ0) is 19.4. The molecular formula is C18H22N4O3S2. The summed E-state index contributed by atoms with van der Waals surface area (Å²) in [6, 6.07) is 10.6. The molecule has 1 amide bonds. The first-order valence-corrected chi connectivity index (χ1v) is 11.0. The van der Waals surface area contributed by atoms with Gasteiger partial charge in [-0.05, 0) is 29.5 Å². The molecule has 144 valence electrons. The summed E-state index contributed by atoms with van der Waals surface area (Å²) in [7, 11) is -3.56. The van der Waals surface area contributed by atoms with Gasteiger partial charge < -0.3 is 10.3 Å². The Morgan fingerprint density at radius 1 is 1.22 bits per heavy atom. The minimum atomic E-state index is -3.56. The van der Waals surface area contributed by atoms with Gasteiger partial charge in [-0.25, -0.2) is 18.1 Å². The number of sulfonamides is 1. The van der Waals surface area contributed by atoms with Gasteiger partial charge in [0.05, 0.1) is 17.1 Å². The molecule has 0 spiro atoms. The molecule has 2 aromatic heterocycles. The number of imidazole rings is 1. The van der Waals surface area contributed by atoms with E-state index in [0.717, 1.165) is 22.4 Å². The molecule has 0 saturated heterocycles. The second kappa shape index (κ2) is 8.20. The first-order valence-electron chi connectivity index (χ1n) is 8.64. The van der Waals surface area contributed by atoms with Gasteiger partial charge >= 0.3 is 0 Å². The van der Waals surface area contributed by atoms with Gasteiger partial charge in [0.1, 0.15) is 10.0 Å². The Hall–Kier alpha value is -2.23. The van der Waals surface area contributed by atoms with Crippen LogP contribution in [0.2, 0.25) is 0 Å². The largest absolute Gasteiger partial charge is 0.346 e. The summed E-state index contributed by atoms with van der Waals surface area (Å²) in [5, 5.41) is 4.65. The van der Waals surface area contributed by atoms with Gasteiger partial charge in [0.2, 0.25) is 15.9 Å². The average molecular weight is 407 g/mol. The molecule has 1 unspecified atom stereocenters. The van der Waals surface area contributed by atoms with Crippen molar-refractivity contribution in [3.05, 3.63) is 47.6 Å². The Balaban J connectivity index is 1.60. The highest BCUT2D eigenvalue weighted by molar-refractivity contribution is 7.91. The Morgan fingerprint density at radius 2 is 2.00 bits per heavy atom. The van der Waals surface area contributed by atoms with Crippen molar-refractivity contribution in [2.24, 2.45) is 5.92 Å². The molecule has 3 aromatic rings. The van der Waals surface area contributed by atoms with Crippen molar-refractivity contribution in [3.8, 4) is 0 Å². The van der Waals surface area contributed by atoms with Crippen LogP contribution in [0.15, 0.2) is 46.0 Å². The van der Waals surface area contributed by atoms with E-state index in [1.54, 1.807) is 11.4 Å². The molecule has 3 N–H and O–H groups in total. The van der Waals surface area contributed by atoms with Gasteiger partial charge in [0.15, 0.2) is 0 Å². The van der Waals surface area contributed by atoms with Crippen molar-refractivity contribution < 1.29 is 13.2 Å². The molecule has 0 aliphatic rings. The smallest absolute Gasteiger partial charge is 0.250 e. The first kappa shape index (κ1) is 19.5. The first-order chi connectivity index (χ1) is 12.9. The molecule has 0 radical (unpaired) electrons. The zero-order valence-corrected chi connectivity index (χ0v) is 16.7. The summed E-state index contributed by atoms with van der Waals surface area (Å²) in [6.07, 6.45) is 0.0497. The van der Waals surface area contributed by atoms with Gasteiger partial charge in [-0.1, -0.05) is 32.0 Å². The fourth-order valence-corrected chi connectivity index (χ4v) is 4.77. The van der Waals surface area contributed by atoms with E-state index < -0.39 is 10.0 Å². The molecule has 7 nitrogen and oxygen atoms in total. The van der Waals surface area contributed by atoms with Crippen molar-refractivity contribution in [3.63, 3.8) is 0 Å². The van der Waals surface area contributed by atoms with E-state index in [9.17, 15) is 13.2 Å². The molecule has 0 bridgehead atoms. The number of rotatable bonds is 8. The van der Waals surface area contributed by atoms with Crippen molar-refractivity contribution in [2.45, 2.75) is 30.5 Å². The lowest BCUT2D eigenvalue weighted by atomic mass is 10.0. The number of fused-ring (bicyclic) bond motifs is 1. The molecule has 0 aliphatic heterocycles. The van der Waals surface area contributed by atoms with Crippen molar-refractivity contribution in [1.82, 2.24) is 20.0 Å². The number of carbonyl (C=O) groups is 1. The van der Waals surface area contributed by atoms with Crippen LogP contribution in [-0.2, 0) is 14.8 Å². The molecular weight excluding hydrogens is 384 g/mol. The molecule has 3 rings (SSSR count). The molecule has 27 heavy (non-hydrogen) atoms. The standard InChI is InChI=1S/C18H22N4O3S2/c1-12(2)17(18-20-13-6-3-4-7-14(13)21-18)22-15(23)9-10-19-27(24,25)16-8-5-11-26-16/h3-8,11-12,17,19H,9-10H2,1-2H3,(H,20,21)(H,22,23). The van der Waals surface area contributed by atoms with Gasteiger partial charge in [-0.3, -0.25) is 4.79 Å². The number of hydrogen-bond donors (Lipinski definition) is 3. The van der Waals surface area contributed by atoms with Gasteiger partial charge in [0.25, 0.3) is 0 Å². The third kappa shape index (κ3) is 4.74.